The van der Waals surface area contributed by atoms with Crippen molar-refractivity contribution in [3.8, 4) is 5.75 Å². The third-order valence-corrected chi connectivity index (χ3v) is 4.33. The van der Waals surface area contributed by atoms with E-state index in [1.165, 1.54) is 19.0 Å². The number of benzene rings is 1. The van der Waals surface area contributed by atoms with Crippen molar-refractivity contribution in [1.29, 1.82) is 0 Å². The van der Waals surface area contributed by atoms with Crippen molar-refractivity contribution in [3.05, 3.63) is 30.1 Å². The molecule has 0 radical (unpaired) electrons. The number of nitrogens with one attached hydrogen (secondary N) is 1. The lowest BCUT2D eigenvalue weighted by molar-refractivity contribution is 0.0918. The quantitative estimate of drug-likeness (QED) is 0.946. The molecule has 0 bridgehead atoms. The predicted octanol–water partition coefficient (Wildman–Crippen LogP) is 2.95. The molecule has 22 heavy (non-hydrogen) atoms. The molecule has 5 nitrogen and oxygen atoms in total. The summed E-state index contributed by atoms with van der Waals surface area (Å²) in [4.78, 5) is 21.0. The molecule has 1 amide bonds. The van der Waals surface area contributed by atoms with E-state index in [0.29, 0.717) is 11.2 Å². The van der Waals surface area contributed by atoms with Crippen molar-refractivity contribution in [2.75, 3.05) is 7.11 Å². The smallest absolute Gasteiger partial charge is 0.271 e. The van der Waals surface area contributed by atoms with Gasteiger partial charge in [-0.05, 0) is 43.7 Å². The standard InChI is InChI=1S/C17H21N3O2/c1-11-3-5-12(6-4-11)19-17(21)16-10-18-15-9-13(22-2)7-8-14(15)20-16/h7-12H,3-6H2,1-2H3,(H,19,21)/t11-,12-. The third kappa shape index (κ3) is 3.18. The number of carbonyl (C=O) groups is 1. The summed E-state index contributed by atoms with van der Waals surface area (Å²) in [6.07, 6.45) is 5.97. The Morgan fingerprint density at radius 3 is 2.73 bits per heavy atom. The topological polar surface area (TPSA) is 64.1 Å². The summed E-state index contributed by atoms with van der Waals surface area (Å²) in [5, 5.41) is 3.08. The second kappa shape index (κ2) is 6.30. The summed E-state index contributed by atoms with van der Waals surface area (Å²) in [5.74, 6) is 1.36. The van der Waals surface area contributed by atoms with Crippen molar-refractivity contribution in [2.24, 2.45) is 5.92 Å². The Bertz CT molecular complexity index is 679. The fourth-order valence-electron chi connectivity index (χ4n) is 2.89. The second-order valence-corrected chi connectivity index (χ2v) is 6.04. The number of amides is 1. The molecule has 0 saturated heterocycles. The van der Waals surface area contributed by atoms with Crippen LogP contribution in [0.4, 0.5) is 0 Å². The van der Waals surface area contributed by atoms with E-state index in [4.69, 9.17) is 4.74 Å². The first-order valence-corrected chi connectivity index (χ1v) is 7.77. The summed E-state index contributed by atoms with van der Waals surface area (Å²) in [6.45, 7) is 2.27. The number of methoxy groups -OCH3 is 1. The Hall–Kier alpha value is -2.17. The first kappa shape index (κ1) is 14.8. The Morgan fingerprint density at radius 2 is 2.00 bits per heavy atom. The number of aromatic nitrogens is 2. The molecule has 3 rings (SSSR count). The minimum Gasteiger partial charge on any atom is -0.497 e. The van der Waals surface area contributed by atoms with Crippen molar-refractivity contribution < 1.29 is 9.53 Å². The van der Waals surface area contributed by atoms with Crippen LogP contribution in [-0.2, 0) is 0 Å². The van der Waals surface area contributed by atoms with Crippen molar-refractivity contribution in [1.82, 2.24) is 15.3 Å². The van der Waals surface area contributed by atoms with E-state index < -0.39 is 0 Å². The van der Waals surface area contributed by atoms with Gasteiger partial charge in [-0.3, -0.25) is 9.78 Å². The number of rotatable bonds is 3. The molecule has 1 N–H and O–H groups in total. The van der Waals surface area contributed by atoms with Gasteiger partial charge in [-0.2, -0.15) is 0 Å². The van der Waals surface area contributed by atoms with Gasteiger partial charge in [-0.25, -0.2) is 4.98 Å². The van der Waals surface area contributed by atoms with Crippen LogP contribution < -0.4 is 10.1 Å². The predicted molar refractivity (Wildman–Crippen MR) is 85.0 cm³/mol. The molecule has 116 valence electrons. The summed E-state index contributed by atoms with van der Waals surface area (Å²) in [7, 11) is 1.61. The minimum atomic E-state index is -0.134. The SMILES string of the molecule is COc1ccc2nc(C(=O)N[C@H]3CC[C@H](C)CC3)cnc2c1. The Kier molecular flexibility index (Phi) is 4.22. The normalized spacial score (nSPS) is 21.5. The average Bonchev–Trinajstić information content (AvgIpc) is 2.56. The van der Waals surface area contributed by atoms with Gasteiger partial charge in [0.05, 0.1) is 24.3 Å². The fraction of sp³-hybridized carbons (Fsp3) is 0.471. The molecule has 1 aliphatic rings. The largest absolute Gasteiger partial charge is 0.497 e. The molecule has 1 aromatic carbocycles. The molecular weight excluding hydrogens is 278 g/mol. The molecule has 0 unspecified atom stereocenters. The maximum atomic E-state index is 12.3. The van der Waals surface area contributed by atoms with Crippen LogP contribution in [0, 0.1) is 5.92 Å². The third-order valence-electron chi connectivity index (χ3n) is 4.33. The van der Waals surface area contributed by atoms with Crippen LogP contribution in [0.25, 0.3) is 11.0 Å². The Morgan fingerprint density at radius 1 is 1.23 bits per heavy atom. The van der Waals surface area contributed by atoms with E-state index in [1.54, 1.807) is 7.11 Å². The van der Waals surface area contributed by atoms with Gasteiger partial charge in [0.15, 0.2) is 0 Å². The van der Waals surface area contributed by atoms with Crippen LogP contribution in [0.15, 0.2) is 24.4 Å². The second-order valence-electron chi connectivity index (χ2n) is 6.04. The maximum absolute atomic E-state index is 12.3. The lowest BCUT2D eigenvalue weighted by Crippen LogP contribution is -2.37. The Balaban J connectivity index is 1.73. The van der Waals surface area contributed by atoms with E-state index in [1.807, 2.05) is 18.2 Å². The number of hydrogen-bond acceptors (Lipinski definition) is 4. The average molecular weight is 299 g/mol. The molecule has 5 heteroatoms. The highest BCUT2D eigenvalue weighted by Gasteiger charge is 2.21. The lowest BCUT2D eigenvalue weighted by atomic mass is 9.87. The molecule has 1 saturated carbocycles. The summed E-state index contributed by atoms with van der Waals surface area (Å²) in [5.41, 5.74) is 1.80. The van der Waals surface area contributed by atoms with Crippen molar-refractivity contribution in [2.45, 2.75) is 38.6 Å². The number of fused-ring (bicyclic) bond motifs is 1. The zero-order chi connectivity index (χ0) is 15.5. The minimum absolute atomic E-state index is 0.134. The summed E-state index contributed by atoms with van der Waals surface area (Å²) < 4.78 is 5.16. The summed E-state index contributed by atoms with van der Waals surface area (Å²) in [6, 6.07) is 5.71. The molecule has 1 aliphatic carbocycles. The highest BCUT2D eigenvalue weighted by atomic mass is 16.5. The zero-order valence-corrected chi connectivity index (χ0v) is 13.0. The van der Waals surface area contributed by atoms with E-state index in [9.17, 15) is 4.79 Å². The molecule has 1 aromatic heterocycles. The first-order chi connectivity index (χ1) is 10.7. The molecule has 0 aliphatic heterocycles. The van der Waals surface area contributed by atoms with Crippen LogP contribution >= 0.6 is 0 Å². The molecule has 0 spiro atoms. The molecular formula is C17H21N3O2. The Labute approximate surface area is 130 Å². The van der Waals surface area contributed by atoms with Crippen LogP contribution in [0.1, 0.15) is 43.1 Å². The highest BCUT2D eigenvalue weighted by molar-refractivity contribution is 5.94. The van der Waals surface area contributed by atoms with E-state index >= 15 is 0 Å². The van der Waals surface area contributed by atoms with Crippen LogP contribution in [-0.4, -0.2) is 29.0 Å². The van der Waals surface area contributed by atoms with Crippen LogP contribution in [0.5, 0.6) is 5.75 Å². The number of hydrogen-bond donors (Lipinski definition) is 1. The van der Waals surface area contributed by atoms with E-state index in [0.717, 1.165) is 30.0 Å². The van der Waals surface area contributed by atoms with Crippen molar-refractivity contribution >= 4 is 16.9 Å². The van der Waals surface area contributed by atoms with Gasteiger partial charge in [-0.15, -0.1) is 0 Å². The first-order valence-electron chi connectivity index (χ1n) is 7.77. The van der Waals surface area contributed by atoms with Gasteiger partial charge in [-0.1, -0.05) is 6.92 Å². The van der Waals surface area contributed by atoms with Gasteiger partial charge in [0.2, 0.25) is 0 Å². The maximum Gasteiger partial charge on any atom is 0.271 e. The lowest BCUT2D eigenvalue weighted by Gasteiger charge is -2.26. The number of ether oxygens (including phenoxy) is 1. The van der Waals surface area contributed by atoms with Gasteiger partial charge < -0.3 is 10.1 Å². The molecule has 0 atom stereocenters. The van der Waals surface area contributed by atoms with Crippen LogP contribution in [0.3, 0.4) is 0 Å². The van der Waals surface area contributed by atoms with Gasteiger partial charge in [0.25, 0.3) is 5.91 Å². The fourth-order valence-corrected chi connectivity index (χ4v) is 2.89. The summed E-state index contributed by atoms with van der Waals surface area (Å²) >= 11 is 0. The highest BCUT2D eigenvalue weighted by Crippen LogP contribution is 2.23. The van der Waals surface area contributed by atoms with Gasteiger partial charge in [0, 0.05) is 12.1 Å². The number of nitrogens with zero attached hydrogens (tertiary/aromatic N) is 2. The molecule has 2 aromatic rings. The van der Waals surface area contributed by atoms with Gasteiger partial charge in [0.1, 0.15) is 11.4 Å². The monoisotopic (exact) mass is 299 g/mol. The van der Waals surface area contributed by atoms with Crippen molar-refractivity contribution in [3.63, 3.8) is 0 Å². The molecule has 1 fully saturated rings. The zero-order valence-electron chi connectivity index (χ0n) is 13.0. The van der Waals surface area contributed by atoms with Gasteiger partial charge >= 0.3 is 0 Å². The van der Waals surface area contributed by atoms with Crippen LogP contribution in [0.2, 0.25) is 0 Å². The van der Waals surface area contributed by atoms with E-state index in [-0.39, 0.29) is 11.9 Å². The molecule has 1 heterocycles. The number of carbonyl (C=O) groups excluding carboxylic acids is 1. The van der Waals surface area contributed by atoms with E-state index in [2.05, 4.69) is 22.2 Å².